The number of hydrogen-bond acceptors (Lipinski definition) is 1. The molecule has 1 aliphatic rings. The molecule has 0 aromatic heterocycles. The molecule has 4 rings (SSSR count). The molecule has 0 saturated carbocycles. The first kappa shape index (κ1) is 13.3. The van der Waals surface area contributed by atoms with Gasteiger partial charge in [0.2, 0.25) is 0 Å². The Morgan fingerprint density at radius 1 is 0.545 bits per heavy atom. The summed E-state index contributed by atoms with van der Waals surface area (Å²) < 4.78 is 0. The van der Waals surface area contributed by atoms with E-state index in [2.05, 4.69) is 95.9 Å². The zero-order valence-electron chi connectivity index (χ0n) is 12.5. The maximum absolute atomic E-state index is 2.57. The number of benzene rings is 3. The van der Waals surface area contributed by atoms with Gasteiger partial charge in [-0.3, -0.25) is 4.90 Å². The summed E-state index contributed by atoms with van der Waals surface area (Å²) in [5.74, 6) is 0. The Hall–Kier alpha value is -2.38. The topological polar surface area (TPSA) is 3.01 Å². The molecule has 22 heavy (non-hydrogen) atoms. The van der Waals surface area contributed by atoms with Crippen LogP contribution in [0, 0.1) is 0 Å². The van der Waals surface area contributed by atoms with Crippen molar-refractivity contribution in [3.8, 4) is 0 Å². The zero-order chi connectivity index (χ0) is 14.8. The molecule has 3 aromatic rings. The third kappa shape index (κ3) is 2.56. The molecule has 1 aliphatic heterocycles. The molecule has 0 radical (unpaired) electrons. The maximum atomic E-state index is 2.57. The average molecular weight is 285 g/mol. The fourth-order valence-corrected chi connectivity index (χ4v) is 3.31. The highest BCUT2D eigenvalue weighted by molar-refractivity contribution is 5.35. The standard InChI is InChI=1S/C21H19N/c1-4-10-17(11-5-1)16-22-20(18-12-6-2-7-13-18)21(22)19-14-8-3-9-15-19/h1-15,20-21H,16H2/t20-,21-/m0/s1. The molecule has 108 valence electrons. The van der Waals surface area contributed by atoms with Crippen molar-refractivity contribution < 1.29 is 0 Å². The second-order valence-electron chi connectivity index (χ2n) is 5.87. The van der Waals surface area contributed by atoms with Gasteiger partial charge in [-0.2, -0.15) is 0 Å². The van der Waals surface area contributed by atoms with Crippen molar-refractivity contribution in [1.29, 1.82) is 0 Å². The van der Waals surface area contributed by atoms with Crippen molar-refractivity contribution >= 4 is 0 Å². The van der Waals surface area contributed by atoms with Crippen molar-refractivity contribution in [3.63, 3.8) is 0 Å². The first-order chi connectivity index (χ1) is 10.9. The van der Waals surface area contributed by atoms with Gasteiger partial charge in [0.05, 0.1) is 12.1 Å². The largest absolute Gasteiger partial charge is 0.281 e. The van der Waals surface area contributed by atoms with Crippen molar-refractivity contribution in [2.75, 3.05) is 0 Å². The van der Waals surface area contributed by atoms with Gasteiger partial charge in [0.25, 0.3) is 0 Å². The molecule has 1 heteroatoms. The van der Waals surface area contributed by atoms with E-state index in [1.165, 1.54) is 16.7 Å². The van der Waals surface area contributed by atoms with Crippen LogP contribution in [0.3, 0.4) is 0 Å². The second-order valence-corrected chi connectivity index (χ2v) is 5.87. The van der Waals surface area contributed by atoms with Gasteiger partial charge in [0.15, 0.2) is 0 Å². The summed E-state index contributed by atoms with van der Waals surface area (Å²) >= 11 is 0. The van der Waals surface area contributed by atoms with E-state index in [4.69, 9.17) is 0 Å². The normalized spacial score (nSPS) is 23.2. The Bertz CT molecular complexity index is 676. The summed E-state index contributed by atoms with van der Waals surface area (Å²) in [6.45, 7) is 1.000. The van der Waals surface area contributed by atoms with Crippen LogP contribution in [0.15, 0.2) is 91.0 Å². The Kier molecular flexibility index (Phi) is 3.49. The van der Waals surface area contributed by atoms with Gasteiger partial charge in [-0.15, -0.1) is 0 Å². The average Bonchev–Trinajstić information content (AvgIpc) is 3.31. The van der Waals surface area contributed by atoms with Crippen molar-refractivity contribution in [2.24, 2.45) is 0 Å². The summed E-state index contributed by atoms with van der Waals surface area (Å²) in [5.41, 5.74) is 4.20. The van der Waals surface area contributed by atoms with Crippen LogP contribution in [0.1, 0.15) is 28.8 Å². The minimum atomic E-state index is 0.490. The Balaban J connectivity index is 1.63. The van der Waals surface area contributed by atoms with E-state index in [0.717, 1.165) is 6.54 Å². The highest BCUT2D eigenvalue weighted by Gasteiger charge is 2.48. The molecule has 1 nitrogen and oxygen atoms in total. The molecule has 1 saturated heterocycles. The molecule has 1 fully saturated rings. The molecule has 0 aliphatic carbocycles. The molecule has 2 atom stereocenters. The Labute approximate surface area is 131 Å². The summed E-state index contributed by atoms with van der Waals surface area (Å²) in [6, 6.07) is 33.4. The summed E-state index contributed by atoms with van der Waals surface area (Å²) in [6.07, 6.45) is 0. The molecule has 0 bridgehead atoms. The van der Waals surface area contributed by atoms with Crippen LogP contribution >= 0.6 is 0 Å². The first-order valence-corrected chi connectivity index (χ1v) is 7.83. The van der Waals surface area contributed by atoms with Crippen LogP contribution in [-0.2, 0) is 6.54 Å². The van der Waals surface area contributed by atoms with E-state index in [-0.39, 0.29) is 0 Å². The lowest BCUT2D eigenvalue weighted by atomic mass is 10.0. The summed E-state index contributed by atoms with van der Waals surface area (Å²) in [5, 5.41) is 0. The lowest BCUT2D eigenvalue weighted by molar-refractivity contribution is 0.480. The van der Waals surface area contributed by atoms with E-state index >= 15 is 0 Å². The molecule has 0 unspecified atom stereocenters. The zero-order valence-corrected chi connectivity index (χ0v) is 12.5. The summed E-state index contributed by atoms with van der Waals surface area (Å²) in [4.78, 5) is 2.57. The van der Waals surface area contributed by atoms with E-state index < -0.39 is 0 Å². The number of nitrogens with zero attached hydrogens (tertiary/aromatic N) is 1. The SMILES string of the molecule is c1ccc(CN2[C@@H](c3ccccc3)[C@@H]2c2ccccc2)cc1. The molecule has 0 spiro atoms. The smallest absolute Gasteiger partial charge is 0.0556 e. The Morgan fingerprint density at radius 3 is 1.41 bits per heavy atom. The summed E-state index contributed by atoms with van der Waals surface area (Å²) in [7, 11) is 0. The van der Waals surface area contributed by atoms with E-state index in [0.29, 0.717) is 12.1 Å². The quantitative estimate of drug-likeness (QED) is 0.611. The number of hydrogen-bond donors (Lipinski definition) is 0. The van der Waals surface area contributed by atoms with Crippen LogP contribution in [0.5, 0.6) is 0 Å². The van der Waals surface area contributed by atoms with Gasteiger partial charge in [-0.05, 0) is 16.7 Å². The molecular weight excluding hydrogens is 266 g/mol. The first-order valence-electron chi connectivity index (χ1n) is 7.83. The number of rotatable bonds is 4. The minimum absolute atomic E-state index is 0.490. The van der Waals surface area contributed by atoms with Crippen LogP contribution in [0.25, 0.3) is 0 Å². The predicted molar refractivity (Wildman–Crippen MR) is 90.4 cm³/mol. The van der Waals surface area contributed by atoms with Gasteiger partial charge in [-0.25, -0.2) is 0 Å². The van der Waals surface area contributed by atoms with E-state index in [1.54, 1.807) is 0 Å². The van der Waals surface area contributed by atoms with Gasteiger partial charge in [0, 0.05) is 6.54 Å². The molecule has 1 heterocycles. The maximum Gasteiger partial charge on any atom is 0.0556 e. The van der Waals surface area contributed by atoms with Crippen molar-refractivity contribution in [2.45, 2.75) is 18.6 Å². The van der Waals surface area contributed by atoms with Crippen molar-refractivity contribution in [3.05, 3.63) is 108 Å². The third-order valence-corrected chi connectivity index (χ3v) is 4.41. The van der Waals surface area contributed by atoms with Gasteiger partial charge >= 0.3 is 0 Å². The minimum Gasteiger partial charge on any atom is -0.281 e. The van der Waals surface area contributed by atoms with E-state index in [9.17, 15) is 0 Å². The highest BCUT2D eigenvalue weighted by atomic mass is 15.3. The fourth-order valence-electron chi connectivity index (χ4n) is 3.31. The second kappa shape index (κ2) is 5.78. The van der Waals surface area contributed by atoms with Crippen LogP contribution in [0.4, 0.5) is 0 Å². The van der Waals surface area contributed by atoms with Gasteiger partial charge < -0.3 is 0 Å². The van der Waals surface area contributed by atoms with Crippen molar-refractivity contribution in [1.82, 2.24) is 4.90 Å². The third-order valence-electron chi connectivity index (χ3n) is 4.41. The monoisotopic (exact) mass is 285 g/mol. The van der Waals surface area contributed by atoms with E-state index in [1.807, 2.05) is 0 Å². The highest BCUT2D eigenvalue weighted by Crippen LogP contribution is 2.55. The van der Waals surface area contributed by atoms with Gasteiger partial charge in [-0.1, -0.05) is 91.0 Å². The molecule has 0 amide bonds. The molecule has 3 aromatic carbocycles. The lowest BCUT2D eigenvalue weighted by Crippen LogP contribution is -1.99. The van der Waals surface area contributed by atoms with Crippen LogP contribution < -0.4 is 0 Å². The predicted octanol–water partition coefficient (Wildman–Crippen LogP) is 4.98. The fraction of sp³-hybridized carbons (Fsp3) is 0.143. The van der Waals surface area contributed by atoms with Gasteiger partial charge in [0.1, 0.15) is 0 Å². The Morgan fingerprint density at radius 2 is 0.955 bits per heavy atom. The lowest BCUT2D eigenvalue weighted by Gasteiger charge is -2.04. The molecule has 0 N–H and O–H groups in total. The molecular formula is C21H19N. The van der Waals surface area contributed by atoms with Crippen LogP contribution in [0.2, 0.25) is 0 Å². The van der Waals surface area contributed by atoms with Crippen LogP contribution in [-0.4, -0.2) is 4.90 Å².